The Morgan fingerprint density at radius 1 is 1.22 bits per heavy atom. The van der Waals surface area contributed by atoms with Gasteiger partial charge < -0.3 is 10.4 Å². The zero-order valence-corrected chi connectivity index (χ0v) is 11.5. The van der Waals surface area contributed by atoms with Crippen LogP contribution in [-0.2, 0) is 5.75 Å². The highest BCUT2D eigenvalue weighted by Gasteiger charge is 2.26. The summed E-state index contributed by atoms with van der Waals surface area (Å²) in [4.78, 5) is 0. The first-order chi connectivity index (χ1) is 8.83. The van der Waals surface area contributed by atoms with Crippen LogP contribution in [0.3, 0.4) is 0 Å². The lowest BCUT2D eigenvalue weighted by Crippen LogP contribution is -2.40. The summed E-state index contributed by atoms with van der Waals surface area (Å²) in [7, 11) is 0. The molecule has 0 amide bonds. The van der Waals surface area contributed by atoms with Crippen LogP contribution in [0.2, 0.25) is 0 Å². The molecule has 2 aliphatic rings. The first-order valence-corrected chi connectivity index (χ1v) is 8.08. The summed E-state index contributed by atoms with van der Waals surface area (Å²) in [5, 5.41) is 13.5. The van der Waals surface area contributed by atoms with Crippen LogP contribution in [0.25, 0.3) is 0 Å². The molecular formula is C15H21NOS. The highest BCUT2D eigenvalue weighted by atomic mass is 32.2. The topological polar surface area (TPSA) is 32.3 Å². The van der Waals surface area contributed by atoms with E-state index in [9.17, 15) is 5.11 Å². The summed E-state index contributed by atoms with van der Waals surface area (Å²) >= 11 is 2.01. The maximum Gasteiger partial charge on any atom is 0.0555 e. The Morgan fingerprint density at radius 2 is 2.11 bits per heavy atom. The third-order valence-corrected chi connectivity index (χ3v) is 5.14. The van der Waals surface area contributed by atoms with Crippen LogP contribution in [0.15, 0.2) is 24.3 Å². The Hall–Kier alpha value is -0.510. The average Bonchev–Trinajstić information content (AvgIpc) is 2.39. The predicted molar refractivity (Wildman–Crippen MR) is 76.7 cm³/mol. The number of benzene rings is 1. The van der Waals surface area contributed by atoms with Gasteiger partial charge in [0.15, 0.2) is 0 Å². The first kappa shape index (κ1) is 12.5. The Balaban J connectivity index is 1.70. The van der Waals surface area contributed by atoms with E-state index in [0.29, 0.717) is 12.1 Å². The Kier molecular flexibility index (Phi) is 3.92. The third kappa shape index (κ3) is 2.73. The van der Waals surface area contributed by atoms with Crippen molar-refractivity contribution in [2.45, 2.75) is 49.6 Å². The number of aliphatic hydroxyl groups excluding tert-OH is 1. The number of hydrogen-bond acceptors (Lipinski definition) is 3. The monoisotopic (exact) mass is 263 g/mol. The standard InChI is InChI=1S/C15H21NOS/c17-13-6-3-5-12(8-13)16-15-10-18-9-11-4-1-2-7-14(11)15/h1-2,4,7,12-13,15-17H,3,5-6,8-10H2. The Labute approximate surface area is 113 Å². The van der Waals surface area contributed by atoms with E-state index in [1.165, 1.54) is 17.5 Å². The molecule has 18 heavy (non-hydrogen) atoms. The molecule has 0 saturated heterocycles. The second kappa shape index (κ2) is 5.64. The van der Waals surface area contributed by atoms with E-state index in [1.807, 2.05) is 11.8 Å². The summed E-state index contributed by atoms with van der Waals surface area (Å²) in [6.07, 6.45) is 4.17. The minimum Gasteiger partial charge on any atom is -0.393 e. The molecule has 0 aromatic heterocycles. The molecule has 3 heteroatoms. The zero-order valence-electron chi connectivity index (χ0n) is 10.6. The molecule has 1 heterocycles. The third-order valence-electron chi connectivity index (χ3n) is 4.06. The fourth-order valence-corrected chi connectivity index (χ4v) is 4.23. The molecule has 1 aromatic rings. The number of fused-ring (bicyclic) bond motifs is 1. The molecule has 1 aliphatic carbocycles. The van der Waals surface area contributed by atoms with Crippen molar-refractivity contribution >= 4 is 11.8 Å². The van der Waals surface area contributed by atoms with Crippen molar-refractivity contribution in [2.24, 2.45) is 0 Å². The van der Waals surface area contributed by atoms with Crippen molar-refractivity contribution in [1.82, 2.24) is 5.32 Å². The molecule has 0 radical (unpaired) electrons. The van der Waals surface area contributed by atoms with Crippen molar-refractivity contribution in [3.8, 4) is 0 Å². The van der Waals surface area contributed by atoms with Gasteiger partial charge in [-0.2, -0.15) is 11.8 Å². The molecule has 2 nitrogen and oxygen atoms in total. The second-order valence-electron chi connectivity index (χ2n) is 5.45. The molecule has 2 N–H and O–H groups in total. The lowest BCUT2D eigenvalue weighted by atomic mass is 9.91. The summed E-state index contributed by atoms with van der Waals surface area (Å²) < 4.78 is 0. The molecule has 1 aliphatic heterocycles. The summed E-state index contributed by atoms with van der Waals surface area (Å²) in [6.45, 7) is 0. The van der Waals surface area contributed by atoms with E-state index in [4.69, 9.17) is 0 Å². The molecule has 3 rings (SSSR count). The maximum absolute atomic E-state index is 9.76. The molecule has 3 unspecified atom stereocenters. The number of nitrogens with one attached hydrogen (secondary N) is 1. The highest BCUT2D eigenvalue weighted by molar-refractivity contribution is 7.98. The van der Waals surface area contributed by atoms with Crippen LogP contribution in [0.1, 0.15) is 42.9 Å². The van der Waals surface area contributed by atoms with E-state index in [1.54, 1.807) is 0 Å². The van der Waals surface area contributed by atoms with Gasteiger partial charge in [0.1, 0.15) is 0 Å². The van der Waals surface area contributed by atoms with E-state index in [2.05, 4.69) is 29.6 Å². The second-order valence-corrected chi connectivity index (χ2v) is 6.48. The van der Waals surface area contributed by atoms with Gasteiger partial charge >= 0.3 is 0 Å². The largest absolute Gasteiger partial charge is 0.393 e. The molecule has 98 valence electrons. The Bertz CT molecular complexity index is 409. The van der Waals surface area contributed by atoms with E-state index in [-0.39, 0.29) is 6.10 Å². The number of aliphatic hydroxyl groups is 1. The molecule has 1 saturated carbocycles. The van der Waals surface area contributed by atoms with Gasteiger partial charge in [-0.15, -0.1) is 0 Å². The molecule has 1 fully saturated rings. The minimum atomic E-state index is -0.0947. The van der Waals surface area contributed by atoms with Gasteiger partial charge in [0.25, 0.3) is 0 Å². The van der Waals surface area contributed by atoms with Crippen LogP contribution >= 0.6 is 11.8 Å². The number of hydrogen-bond donors (Lipinski definition) is 2. The van der Waals surface area contributed by atoms with Crippen LogP contribution in [0.5, 0.6) is 0 Å². The quantitative estimate of drug-likeness (QED) is 0.860. The zero-order chi connectivity index (χ0) is 12.4. The number of rotatable bonds is 2. The van der Waals surface area contributed by atoms with Crippen molar-refractivity contribution in [3.63, 3.8) is 0 Å². The van der Waals surface area contributed by atoms with Crippen LogP contribution in [0.4, 0.5) is 0 Å². The average molecular weight is 263 g/mol. The summed E-state index contributed by atoms with van der Waals surface area (Å²) in [5.41, 5.74) is 2.94. The van der Waals surface area contributed by atoms with Crippen molar-refractivity contribution in [2.75, 3.05) is 5.75 Å². The minimum absolute atomic E-state index is 0.0947. The SMILES string of the molecule is OC1CCCC(NC2CSCc3ccccc32)C1. The van der Waals surface area contributed by atoms with Crippen molar-refractivity contribution in [1.29, 1.82) is 0 Å². The smallest absolute Gasteiger partial charge is 0.0555 e. The van der Waals surface area contributed by atoms with Gasteiger partial charge in [0.2, 0.25) is 0 Å². The van der Waals surface area contributed by atoms with Crippen LogP contribution in [-0.4, -0.2) is 23.0 Å². The number of thioether (sulfide) groups is 1. The summed E-state index contributed by atoms with van der Waals surface area (Å²) in [5.74, 6) is 2.30. The molecule has 0 spiro atoms. The summed E-state index contributed by atoms with van der Waals surface area (Å²) in [6, 6.07) is 9.73. The van der Waals surface area contributed by atoms with Gasteiger partial charge in [0.05, 0.1) is 6.10 Å². The first-order valence-electron chi connectivity index (χ1n) is 6.92. The normalized spacial score (nSPS) is 31.9. The predicted octanol–water partition coefficient (Wildman–Crippen LogP) is 2.87. The van der Waals surface area contributed by atoms with Gasteiger partial charge in [-0.25, -0.2) is 0 Å². The molecule has 0 bridgehead atoms. The lowest BCUT2D eigenvalue weighted by Gasteiger charge is -2.33. The fraction of sp³-hybridized carbons (Fsp3) is 0.600. The van der Waals surface area contributed by atoms with E-state index >= 15 is 0 Å². The highest BCUT2D eigenvalue weighted by Crippen LogP contribution is 2.32. The van der Waals surface area contributed by atoms with Crippen molar-refractivity contribution in [3.05, 3.63) is 35.4 Å². The molecular weight excluding hydrogens is 242 g/mol. The maximum atomic E-state index is 9.76. The van der Waals surface area contributed by atoms with Gasteiger partial charge in [-0.3, -0.25) is 0 Å². The lowest BCUT2D eigenvalue weighted by molar-refractivity contribution is 0.109. The Morgan fingerprint density at radius 3 is 3.00 bits per heavy atom. The van der Waals surface area contributed by atoms with E-state index < -0.39 is 0 Å². The van der Waals surface area contributed by atoms with Gasteiger partial charge in [-0.1, -0.05) is 24.3 Å². The molecule has 3 atom stereocenters. The molecule has 1 aromatic carbocycles. The van der Waals surface area contributed by atoms with Gasteiger partial charge in [-0.05, 0) is 36.8 Å². The fourth-order valence-electron chi connectivity index (χ4n) is 3.12. The van der Waals surface area contributed by atoms with E-state index in [0.717, 1.165) is 30.8 Å². The van der Waals surface area contributed by atoms with Gasteiger partial charge in [0, 0.05) is 23.6 Å². The van der Waals surface area contributed by atoms with Crippen molar-refractivity contribution < 1.29 is 5.11 Å². The van der Waals surface area contributed by atoms with Crippen LogP contribution < -0.4 is 5.32 Å². The van der Waals surface area contributed by atoms with Crippen LogP contribution in [0, 0.1) is 0 Å².